The second-order valence-corrected chi connectivity index (χ2v) is 4.32. The van der Waals surface area contributed by atoms with Gasteiger partial charge in [-0.3, -0.25) is 30.3 Å². The van der Waals surface area contributed by atoms with E-state index >= 15 is 0 Å². The summed E-state index contributed by atoms with van der Waals surface area (Å²) in [4.78, 5) is 34.8. The van der Waals surface area contributed by atoms with Crippen LogP contribution in [0.3, 0.4) is 0 Å². The fourth-order valence-corrected chi connectivity index (χ4v) is 2.34. The highest BCUT2D eigenvalue weighted by atomic mass is 16.6. The summed E-state index contributed by atoms with van der Waals surface area (Å²) in [6.07, 6.45) is 1.07. The van der Waals surface area contributed by atoms with Gasteiger partial charge in [0, 0.05) is 6.07 Å². The lowest BCUT2D eigenvalue weighted by atomic mass is 10.0. The minimum atomic E-state index is -0.812. The summed E-state index contributed by atoms with van der Waals surface area (Å²) < 4.78 is 0. The van der Waals surface area contributed by atoms with E-state index in [0.29, 0.717) is 0 Å². The summed E-state index contributed by atoms with van der Waals surface area (Å²) in [7, 11) is 0. The molecular formula is C11H5N5O6. The molecule has 0 radical (unpaired) electrons. The first-order chi connectivity index (χ1) is 10.4. The molecule has 0 unspecified atom stereocenters. The number of rotatable bonds is 3. The highest BCUT2D eigenvalue weighted by Crippen LogP contribution is 2.48. The van der Waals surface area contributed by atoms with Gasteiger partial charge in [-0.2, -0.15) is 0 Å². The third-order valence-corrected chi connectivity index (χ3v) is 3.20. The Morgan fingerprint density at radius 3 is 2.14 bits per heavy atom. The molecule has 0 saturated carbocycles. The molecular weight excluding hydrogens is 298 g/mol. The lowest BCUT2D eigenvalue weighted by Gasteiger charge is -2.13. The minimum absolute atomic E-state index is 0.0161. The standard InChI is InChI=1S/C11H5N5O6/c17-14(18)6-2-1-5-7(15(19)20)3-8(16(21)22)11-9(5)10(6)12-4-13-11/h1-4H,(H,12,13). The van der Waals surface area contributed by atoms with Crippen molar-refractivity contribution in [3.05, 3.63) is 48.5 Å². The molecule has 0 fully saturated rings. The van der Waals surface area contributed by atoms with Crippen LogP contribution in [0.4, 0.5) is 28.4 Å². The zero-order chi connectivity index (χ0) is 16.0. The van der Waals surface area contributed by atoms with Gasteiger partial charge in [-0.15, -0.1) is 0 Å². The molecule has 1 N–H and O–H groups in total. The third kappa shape index (κ3) is 1.72. The molecule has 2 aromatic rings. The molecule has 0 amide bonds. The second-order valence-electron chi connectivity index (χ2n) is 4.32. The van der Waals surface area contributed by atoms with Gasteiger partial charge >= 0.3 is 5.69 Å². The monoisotopic (exact) mass is 303 g/mol. The van der Waals surface area contributed by atoms with Gasteiger partial charge in [0.05, 0.1) is 37.9 Å². The van der Waals surface area contributed by atoms with Gasteiger partial charge in [-0.05, 0) is 6.07 Å². The van der Waals surface area contributed by atoms with E-state index in [1.807, 2.05) is 0 Å². The van der Waals surface area contributed by atoms with Gasteiger partial charge in [0.15, 0.2) is 5.69 Å². The number of hydrogen-bond acceptors (Lipinski definition) is 8. The van der Waals surface area contributed by atoms with Crippen molar-refractivity contribution in [2.75, 3.05) is 5.32 Å². The highest BCUT2D eigenvalue weighted by molar-refractivity contribution is 6.16. The molecule has 1 aliphatic rings. The van der Waals surface area contributed by atoms with Gasteiger partial charge in [-0.25, -0.2) is 4.99 Å². The minimum Gasteiger partial charge on any atom is -0.340 e. The SMILES string of the molecule is O=[N+]([O-])c1cc([N+](=O)[O-])c2ccc([N+](=O)[O-])c3c2c1N=CN3. The van der Waals surface area contributed by atoms with Crippen molar-refractivity contribution in [3.8, 4) is 0 Å². The van der Waals surface area contributed by atoms with Crippen molar-refractivity contribution >= 4 is 45.5 Å². The molecule has 2 aromatic carbocycles. The highest BCUT2D eigenvalue weighted by Gasteiger charge is 2.31. The fraction of sp³-hybridized carbons (Fsp3) is 0. The zero-order valence-corrected chi connectivity index (χ0v) is 10.5. The van der Waals surface area contributed by atoms with E-state index in [9.17, 15) is 30.3 Å². The van der Waals surface area contributed by atoms with Crippen LogP contribution in [0, 0.1) is 30.3 Å². The average Bonchev–Trinajstić information content (AvgIpc) is 2.47. The molecule has 0 aromatic heterocycles. The summed E-state index contributed by atoms with van der Waals surface area (Å²) in [5.74, 6) is 0. The van der Waals surface area contributed by atoms with E-state index < -0.39 is 26.1 Å². The van der Waals surface area contributed by atoms with Crippen LogP contribution in [0.25, 0.3) is 10.8 Å². The van der Waals surface area contributed by atoms with E-state index in [0.717, 1.165) is 18.5 Å². The number of aliphatic imine (C=N–C) groups is 1. The third-order valence-electron chi connectivity index (χ3n) is 3.20. The van der Waals surface area contributed by atoms with Crippen molar-refractivity contribution in [1.82, 2.24) is 0 Å². The molecule has 0 bridgehead atoms. The van der Waals surface area contributed by atoms with E-state index in [1.165, 1.54) is 6.07 Å². The topological polar surface area (TPSA) is 154 Å². The van der Waals surface area contributed by atoms with Crippen molar-refractivity contribution in [1.29, 1.82) is 0 Å². The Morgan fingerprint density at radius 2 is 1.55 bits per heavy atom. The Kier molecular flexibility index (Phi) is 2.70. The molecule has 1 aliphatic heterocycles. The number of nitrogens with zero attached hydrogens (tertiary/aromatic N) is 4. The van der Waals surface area contributed by atoms with E-state index in [2.05, 4.69) is 10.3 Å². The maximum absolute atomic E-state index is 11.1. The molecule has 110 valence electrons. The largest absolute Gasteiger partial charge is 0.340 e. The fourth-order valence-electron chi connectivity index (χ4n) is 2.34. The van der Waals surface area contributed by atoms with Crippen LogP contribution in [-0.4, -0.2) is 21.1 Å². The molecule has 3 rings (SSSR count). The first-order valence-corrected chi connectivity index (χ1v) is 5.77. The molecule has 0 atom stereocenters. The molecule has 11 nitrogen and oxygen atoms in total. The van der Waals surface area contributed by atoms with Gasteiger partial charge in [0.25, 0.3) is 11.4 Å². The number of benzene rings is 2. The molecule has 22 heavy (non-hydrogen) atoms. The van der Waals surface area contributed by atoms with Crippen LogP contribution >= 0.6 is 0 Å². The summed E-state index contributed by atoms with van der Waals surface area (Å²) in [6, 6.07) is 3.09. The predicted octanol–water partition coefficient (Wildman–Crippen LogP) is 2.65. The lowest BCUT2D eigenvalue weighted by Crippen LogP contribution is -2.06. The predicted molar refractivity (Wildman–Crippen MR) is 75.7 cm³/mol. The van der Waals surface area contributed by atoms with Crippen LogP contribution in [-0.2, 0) is 0 Å². The number of nitrogens with one attached hydrogen (secondary N) is 1. The Balaban J connectivity index is 2.56. The Bertz CT molecular complexity index is 906. The van der Waals surface area contributed by atoms with Gasteiger partial charge < -0.3 is 5.32 Å². The van der Waals surface area contributed by atoms with Crippen LogP contribution in [0.2, 0.25) is 0 Å². The molecule has 1 heterocycles. The Morgan fingerprint density at radius 1 is 0.909 bits per heavy atom. The van der Waals surface area contributed by atoms with E-state index in [-0.39, 0.29) is 27.8 Å². The molecule has 0 aliphatic carbocycles. The second kappa shape index (κ2) is 4.44. The maximum Gasteiger partial charge on any atom is 0.302 e. The maximum atomic E-state index is 11.1. The van der Waals surface area contributed by atoms with Gasteiger partial charge in [0.2, 0.25) is 0 Å². The summed E-state index contributed by atoms with van der Waals surface area (Å²) in [5.41, 5.74) is -1.66. The van der Waals surface area contributed by atoms with Crippen LogP contribution in [0.15, 0.2) is 23.2 Å². The van der Waals surface area contributed by atoms with Crippen molar-refractivity contribution in [3.63, 3.8) is 0 Å². The van der Waals surface area contributed by atoms with Crippen molar-refractivity contribution in [2.24, 2.45) is 4.99 Å². The van der Waals surface area contributed by atoms with Crippen LogP contribution in [0.5, 0.6) is 0 Å². The summed E-state index contributed by atoms with van der Waals surface area (Å²) >= 11 is 0. The molecule has 11 heteroatoms. The first-order valence-electron chi connectivity index (χ1n) is 5.77. The molecule has 0 saturated heterocycles. The number of hydrogen-bond donors (Lipinski definition) is 1. The van der Waals surface area contributed by atoms with Crippen LogP contribution < -0.4 is 5.32 Å². The Labute approximate surface area is 120 Å². The number of non-ortho nitro benzene ring substituents is 1. The number of anilines is 1. The Hall–Kier alpha value is -3.63. The van der Waals surface area contributed by atoms with Crippen molar-refractivity contribution < 1.29 is 14.8 Å². The van der Waals surface area contributed by atoms with Crippen molar-refractivity contribution in [2.45, 2.75) is 0 Å². The van der Waals surface area contributed by atoms with E-state index in [1.54, 1.807) is 0 Å². The molecule has 0 spiro atoms. The number of nitro groups is 3. The average molecular weight is 303 g/mol. The lowest BCUT2D eigenvalue weighted by molar-refractivity contribution is -0.392. The summed E-state index contributed by atoms with van der Waals surface area (Å²) in [5, 5.41) is 35.8. The first kappa shape index (κ1) is 13.4. The van der Waals surface area contributed by atoms with Gasteiger partial charge in [0.1, 0.15) is 5.69 Å². The van der Waals surface area contributed by atoms with Gasteiger partial charge in [-0.1, -0.05) is 0 Å². The quantitative estimate of drug-likeness (QED) is 0.674. The summed E-state index contributed by atoms with van der Waals surface area (Å²) in [6.45, 7) is 0. The number of nitro benzene ring substituents is 3. The van der Waals surface area contributed by atoms with E-state index in [4.69, 9.17) is 0 Å². The normalized spacial score (nSPS) is 12.0. The zero-order valence-electron chi connectivity index (χ0n) is 10.5. The smallest absolute Gasteiger partial charge is 0.302 e. The van der Waals surface area contributed by atoms with Crippen LogP contribution in [0.1, 0.15) is 0 Å².